The maximum absolute atomic E-state index is 3.80. The number of nitrogens with zero attached hydrogens (tertiary/aromatic N) is 2. The van der Waals surface area contributed by atoms with E-state index in [1.807, 2.05) is 13.1 Å². The first-order chi connectivity index (χ1) is 5.51. The molecule has 0 rings (SSSR count). The molecule has 0 aliphatic heterocycles. The summed E-state index contributed by atoms with van der Waals surface area (Å²) in [6.07, 6.45) is 1.99. The van der Waals surface area contributed by atoms with Crippen LogP contribution in [0, 0.1) is 0 Å². The van der Waals surface area contributed by atoms with Gasteiger partial charge in [0.25, 0.3) is 8.56 Å². The number of allylic oxidation sites excluding steroid dienone is 1. The summed E-state index contributed by atoms with van der Waals surface area (Å²) in [6, 6.07) is 1.03. The average molecular weight is 203 g/mol. The molecule has 0 aliphatic rings. The van der Waals surface area contributed by atoms with Crippen molar-refractivity contribution in [3.8, 4) is 0 Å². The second-order valence-corrected chi connectivity index (χ2v) is 7.68. The van der Waals surface area contributed by atoms with E-state index in [1.54, 1.807) is 0 Å². The highest BCUT2D eigenvalue weighted by molar-refractivity contribution is 6.72. The van der Waals surface area contributed by atoms with E-state index in [-0.39, 0.29) is 7.43 Å². The Hall–Kier alpha value is -0.163. The number of rotatable bonds is 5. The maximum atomic E-state index is 3.80. The Morgan fingerprint density at radius 3 is 1.69 bits per heavy atom. The van der Waals surface area contributed by atoms with Gasteiger partial charge in [0.1, 0.15) is 0 Å². The lowest BCUT2D eigenvalue weighted by molar-refractivity contribution is 0.464. The van der Waals surface area contributed by atoms with E-state index in [4.69, 9.17) is 0 Å². The Labute approximate surface area is 84.7 Å². The van der Waals surface area contributed by atoms with Gasteiger partial charge in [-0.3, -0.25) is 0 Å². The molecule has 0 atom stereocenters. The summed E-state index contributed by atoms with van der Waals surface area (Å²) in [5, 5.41) is 0. The topological polar surface area (TPSA) is 18.5 Å². The Balaban J connectivity index is 0. The molecule has 0 heterocycles. The Morgan fingerprint density at radius 2 is 1.62 bits per heavy atom. The summed E-state index contributed by atoms with van der Waals surface area (Å²) in [7, 11) is 8.87. The lowest BCUT2D eigenvalue weighted by atomic mass is 10.8. The van der Waals surface area contributed by atoms with Crippen molar-refractivity contribution in [3.05, 3.63) is 12.7 Å². The summed E-state index contributed by atoms with van der Waals surface area (Å²) in [6.45, 7) is 3.80. The highest BCUT2D eigenvalue weighted by atomic mass is 28.4. The van der Waals surface area contributed by atoms with Gasteiger partial charge in [0.15, 0.2) is 0 Å². The fourth-order valence-corrected chi connectivity index (χ4v) is 4.55. The maximum Gasteiger partial charge on any atom is 0.289 e. The van der Waals surface area contributed by atoms with Crippen LogP contribution in [0.15, 0.2) is 12.7 Å². The molecule has 13 heavy (non-hydrogen) atoms. The van der Waals surface area contributed by atoms with Crippen molar-refractivity contribution < 1.29 is 0 Å². The van der Waals surface area contributed by atoms with Gasteiger partial charge in [-0.05, 0) is 35.2 Å². The Kier molecular flexibility index (Phi) is 7.44. The van der Waals surface area contributed by atoms with Gasteiger partial charge >= 0.3 is 0 Å². The van der Waals surface area contributed by atoms with Gasteiger partial charge in [-0.15, -0.1) is 6.58 Å². The summed E-state index contributed by atoms with van der Waals surface area (Å²) >= 11 is 0. The molecule has 0 aliphatic carbocycles. The van der Waals surface area contributed by atoms with Crippen molar-refractivity contribution in [2.75, 3.05) is 35.2 Å². The predicted octanol–water partition coefficient (Wildman–Crippen LogP) is 1.09. The van der Waals surface area contributed by atoms with Crippen LogP contribution in [0.4, 0.5) is 0 Å². The van der Waals surface area contributed by atoms with E-state index in [1.165, 1.54) is 0 Å². The van der Waals surface area contributed by atoms with Crippen molar-refractivity contribution in [2.24, 2.45) is 0 Å². The summed E-state index contributed by atoms with van der Waals surface area (Å²) in [5.41, 5.74) is 0. The second-order valence-electron chi connectivity index (χ2n) is 3.35. The van der Waals surface area contributed by atoms with Crippen LogP contribution in [0.2, 0.25) is 6.04 Å². The van der Waals surface area contributed by atoms with Crippen LogP contribution in [-0.4, -0.2) is 52.9 Å². The summed E-state index contributed by atoms with van der Waals surface area (Å²) in [5.74, 6) is 0. The van der Waals surface area contributed by atoms with Crippen molar-refractivity contribution in [2.45, 2.75) is 13.5 Å². The second kappa shape index (κ2) is 6.31. The van der Waals surface area contributed by atoms with E-state index in [0.29, 0.717) is 0 Å². The normalized spacial score (nSPS) is 11.6. The number of nitrogens with one attached hydrogen (secondary N) is 1. The fraction of sp³-hybridized carbons (Fsp3) is 0.778. The van der Waals surface area contributed by atoms with Crippen molar-refractivity contribution in [3.63, 3.8) is 0 Å². The van der Waals surface area contributed by atoms with Gasteiger partial charge in [0.05, 0.1) is 0 Å². The van der Waals surface area contributed by atoms with Gasteiger partial charge in [-0.1, -0.05) is 13.5 Å². The molecule has 0 spiro atoms. The molecule has 4 heteroatoms. The van der Waals surface area contributed by atoms with Crippen LogP contribution in [0.3, 0.4) is 0 Å². The molecule has 0 amide bonds. The smallest absolute Gasteiger partial charge is 0.289 e. The first-order valence-electron chi connectivity index (χ1n) is 4.16. The van der Waals surface area contributed by atoms with E-state index in [0.717, 1.165) is 6.04 Å². The van der Waals surface area contributed by atoms with Crippen LogP contribution in [0.5, 0.6) is 0 Å². The molecule has 0 bridgehead atoms. The SMILES string of the molecule is C.C=CC[Si](NC)(N(C)C)N(C)C. The van der Waals surface area contributed by atoms with E-state index in [9.17, 15) is 0 Å². The summed E-state index contributed by atoms with van der Waals surface area (Å²) < 4.78 is 4.57. The molecular formula is C9H25N3Si. The number of hydrogen-bond donors (Lipinski definition) is 1. The molecule has 0 aromatic carbocycles. The van der Waals surface area contributed by atoms with Crippen LogP contribution >= 0.6 is 0 Å². The first-order valence-corrected chi connectivity index (χ1v) is 6.26. The zero-order valence-electron chi connectivity index (χ0n) is 8.89. The molecule has 1 N–H and O–H groups in total. The third-order valence-electron chi connectivity index (χ3n) is 2.31. The van der Waals surface area contributed by atoms with Crippen LogP contribution in [-0.2, 0) is 0 Å². The molecule has 0 saturated heterocycles. The minimum absolute atomic E-state index is 0. The molecule has 0 radical (unpaired) electrons. The van der Waals surface area contributed by atoms with Gasteiger partial charge < -0.3 is 14.1 Å². The van der Waals surface area contributed by atoms with Gasteiger partial charge in [0, 0.05) is 6.04 Å². The Morgan fingerprint density at radius 1 is 1.23 bits per heavy atom. The molecule has 3 nitrogen and oxygen atoms in total. The molecular weight excluding hydrogens is 178 g/mol. The average Bonchev–Trinajstić information content (AvgIpc) is 1.98. The molecule has 0 aromatic rings. The van der Waals surface area contributed by atoms with E-state index >= 15 is 0 Å². The molecule has 0 unspecified atom stereocenters. The lowest BCUT2D eigenvalue weighted by Crippen LogP contribution is -2.69. The van der Waals surface area contributed by atoms with Crippen LogP contribution < -0.4 is 4.98 Å². The van der Waals surface area contributed by atoms with Crippen LogP contribution in [0.1, 0.15) is 7.43 Å². The molecule has 0 aromatic heterocycles. The molecule has 80 valence electrons. The fourth-order valence-electron chi connectivity index (χ4n) is 1.52. The van der Waals surface area contributed by atoms with E-state index < -0.39 is 8.56 Å². The lowest BCUT2D eigenvalue weighted by Gasteiger charge is -2.41. The predicted molar refractivity (Wildman–Crippen MR) is 63.9 cm³/mol. The van der Waals surface area contributed by atoms with Crippen molar-refractivity contribution in [1.29, 1.82) is 0 Å². The summed E-state index contributed by atoms with van der Waals surface area (Å²) in [4.78, 5) is 3.43. The molecule has 0 fully saturated rings. The minimum Gasteiger partial charge on any atom is -0.316 e. The highest BCUT2D eigenvalue weighted by Crippen LogP contribution is 2.11. The quantitative estimate of drug-likeness (QED) is 0.533. The Bertz CT molecular complexity index is 138. The monoisotopic (exact) mass is 203 g/mol. The van der Waals surface area contributed by atoms with Gasteiger partial charge in [-0.2, -0.15) is 0 Å². The third-order valence-corrected chi connectivity index (χ3v) is 6.93. The first kappa shape index (κ1) is 15.3. The van der Waals surface area contributed by atoms with Crippen molar-refractivity contribution >= 4 is 8.56 Å². The zero-order valence-corrected chi connectivity index (χ0v) is 9.89. The third kappa shape index (κ3) is 3.23. The minimum atomic E-state index is -1.63. The van der Waals surface area contributed by atoms with Gasteiger partial charge in [0.2, 0.25) is 0 Å². The van der Waals surface area contributed by atoms with E-state index in [2.05, 4.69) is 48.9 Å². The molecule has 0 saturated carbocycles. The zero-order chi connectivity index (χ0) is 9.78. The standard InChI is InChI=1S/C8H21N3Si.CH4/c1-7-8-12(9-2,10(3)4)11(5)6;/h7,9H,1,8H2,2-6H3;1H4. The van der Waals surface area contributed by atoms with Crippen LogP contribution in [0.25, 0.3) is 0 Å². The highest BCUT2D eigenvalue weighted by Gasteiger charge is 2.36. The van der Waals surface area contributed by atoms with Gasteiger partial charge in [-0.25, -0.2) is 0 Å². The number of hydrogen-bond acceptors (Lipinski definition) is 3. The largest absolute Gasteiger partial charge is 0.316 e. The van der Waals surface area contributed by atoms with Crippen molar-refractivity contribution in [1.82, 2.24) is 14.1 Å².